The quantitative estimate of drug-likeness (QED) is 0.588. The number of rotatable bonds is 4. The van der Waals surface area contributed by atoms with Crippen molar-refractivity contribution >= 4 is 12.4 Å². The third-order valence-corrected chi connectivity index (χ3v) is 2.15. The number of hydrogen-bond acceptors (Lipinski definition) is 4. The van der Waals surface area contributed by atoms with Gasteiger partial charge in [-0.3, -0.25) is 0 Å². The first-order valence-electron chi connectivity index (χ1n) is 4.62. The van der Waals surface area contributed by atoms with E-state index in [-0.39, 0.29) is 29.9 Å². The van der Waals surface area contributed by atoms with Crippen molar-refractivity contribution in [2.75, 3.05) is 6.54 Å². The Morgan fingerprint density at radius 3 is 2.40 bits per heavy atom. The van der Waals surface area contributed by atoms with Gasteiger partial charge >= 0.3 is 0 Å². The molecule has 0 unspecified atom stereocenters. The van der Waals surface area contributed by atoms with Gasteiger partial charge in [-0.2, -0.15) is 0 Å². The number of phenols is 2. The Hall–Kier alpha value is -0.970. The van der Waals surface area contributed by atoms with Gasteiger partial charge in [0.2, 0.25) is 0 Å². The predicted molar refractivity (Wildman–Crippen MR) is 62.2 cm³/mol. The summed E-state index contributed by atoms with van der Waals surface area (Å²) in [7, 11) is 0. The molecule has 0 aromatic heterocycles. The first kappa shape index (κ1) is 14.0. The van der Waals surface area contributed by atoms with Gasteiger partial charge in [0.25, 0.3) is 0 Å². The fourth-order valence-corrected chi connectivity index (χ4v) is 1.28. The molecular formula is C10H17ClN2O2. The van der Waals surface area contributed by atoms with E-state index in [0.717, 1.165) is 18.4 Å². The fraction of sp³-hybridized carbons (Fsp3) is 0.400. The lowest BCUT2D eigenvalue weighted by Gasteiger charge is -2.11. The number of halogens is 1. The van der Waals surface area contributed by atoms with E-state index in [4.69, 9.17) is 16.6 Å². The van der Waals surface area contributed by atoms with Crippen LogP contribution in [-0.2, 0) is 0 Å². The Morgan fingerprint density at radius 1 is 1.20 bits per heavy atom. The van der Waals surface area contributed by atoms with Crippen molar-refractivity contribution in [1.82, 2.24) is 0 Å². The molecular weight excluding hydrogens is 216 g/mol. The molecule has 0 aliphatic carbocycles. The molecule has 0 amide bonds. The second kappa shape index (κ2) is 6.50. The van der Waals surface area contributed by atoms with Crippen LogP contribution in [0.15, 0.2) is 18.2 Å². The van der Waals surface area contributed by atoms with Crippen LogP contribution in [0.1, 0.15) is 24.4 Å². The minimum absolute atomic E-state index is 0. The van der Waals surface area contributed by atoms with E-state index in [1.165, 1.54) is 12.1 Å². The van der Waals surface area contributed by atoms with Crippen molar-refractivity contribution in [3.8, 4) is 11.5 Å². The molecule has 15 heavy (non-hydrogen) atoms. The Balaban J connectivity index is 0.00000196. The van der Waals surface area contributed by atoms with Crippen LogP contribution in [-0.4, -0.2) is 16.8 Å². The largest absolute Gasteiger partial charge is 0.504 e. The van der Waals surface area contributed by atoms with Crippen LogP contribution in [0.4, 0.5) is 0 Å². The summed E-state index contributed by atoms with van der Waals surface area (Å²) in [6.45, 7) is 0.609. The lowest BCUT2D eigenvalue weighted by molar-refractivity contribution is 0.402. The first-order chi connectivity index (χ1) is 6.65. The highest BCUT2D eigenvalue weighted by Gasteiger charge is 2.07. The van der Waals surface area contributed by atoms with E-state index in [0.29, 0.717) is 6.54 Å². The van der Waals surface area contributed by atoms with E-state index in [2.05, 4.69) is 0 Å². The molecule has 1 aromatic carbocycles. The Kier molecular flexibility index (Phi) is 6.08. The van der Waals surface area contributed by atoms with Crippen molar-refractivity contribution in [2.24, 2.45) is 11.5 Å². The first-order valence-corrected chi connectivity index (χ1v) is 4.62. The monoisotopic (exact) mass is 232 g/mol. The third-order valence-electron chi connectivity index (χ3n) is 2.15. The van der Waals surface area contributed by atoms with Crippen LogP contribution < -0.4 is 11.5 Å². The van der Waals surface area contributed by atoms with Crippen LogP contribution >= 0.6 is 12.4 Å². The highest BCUT2D eigenvalue weighted by atomic mass is 35.5. The summed E-state index contributed by atoms with van der Waals surface area (Å²) in [5.74, 6) is -0.259. The lowest BCUT2D eigenvalue weighted by Crippen LogP contribution is -2.12. The highest BCUT2D eigenvalue weighted by molar-refractivity contribution is 5.85. The molecule has 86 valence electrons. The topological polar surface area (TPSA) is 92.5 Å². The van der Waals surface area contributed by atoms with Gasteiger partial charge < -0.3 is 21.7 Å². The summed E-state index contributed by atoms with van der Waals surface area (Å²) in [5.41, 5.74) is 12.0. The van der Waals surface area contributed by atoms with Gasteiger partial charge in [0.1, 0.15) is 0 Å². The zero-order chi connectivity index (χ0) is 10.6. The SMILES string of the molecule is Cl.NCCC[C@@H](N)c1ccc(O)c(O)c1. The van der Waals surface area contributed by atoms with Crippen molar-refractivity contribution in [1.29, 1.82) is 0 Å². The molecule has 0 aliphatic heterocycles. The molecule has 1 atom stereocenters. The van der Waals surface area contributed by atoms with Crippen molar-refractivity contribution in [3.05, 3.63) is 23.8 Å². The number of phenolic OH excluding ortho intramolecular Hbond substituents is 2. The van der Waals surface area contributed by atoms with E-state index in [1.807, 2.05) is 0 Å². The van der Waals surface area contributed by atoms with Gasteiger partial charge in [-0.15, -0.1) is 12.4 Å². The molecule has 0 heterocycles. The summed E-state index contributed by atoms with van der Waals surface area (Å²) < 4.78 is 0. The van der Waals surface area contributed by atoms with Gasteiger partial charge in [-0.1, -0.05) is 6.07 Å². The van der Waals surface area contributed by atoms with E-state index in [1.54, 1.807) is 6.07 Å². The maximum atomic E-state index is 9.24. The zero-order valence-electron chi connectivity index (χ0n) is 8.39. The maximum absolute atomic E-state index is 9.24. The summed E-state index contributed by atoms with van der Waals surface area (Å²) in [5, 5.41) is 18.3. The van der Waals surface area contributed by atoms with Crippen molar-refractivity contribution < 1.29 is 10.2 Å². The molecule has 0 aliphatic rings. The second-order valence-electron chi connectivity index (χ2n) is 3.29. The smallest absolute Gasteiger partial charge is 0.157 e. The van der Waals surface area contributed by atoms with Gasteiger partial charge in [0, 0.05) is 6.04 Å². The summed E-state index contributed by atoms with van der Waals surface area (Å²) >= 11 is 0. The molecule has 0 spiro atoms. The van der Waals surface area contributed by atoms with Crippen molar-refractivity contribution in [2.45, 2.75) is 18.9 Å². The number of benzene rings is 1. The van der Waals surface area contributed by atoms with Crippen LogP contribution in [0, 0.1) is 0 Å². The van der Waals surface area contributed by atoms with E-state index in [9.17, 15) is 5.11 Å². The number of hydrogen-bond donors (Lipinski definition) is 4. The Bertz CT molecular complexity index is 307. The Labute approximate surface area is 95.3 Å². The lowest BCUT2D eigenvalue weighted by atomic mass is 10.0. The van der Waals surface area contributed by atoms with Gasteiger partial charge in [-0.05, 0) is 37.1 Å². The molecule has 0 radical (unpaired) electrons. The van der Waals surface area contributed by atoms with Crippen molar-refractivity contribution in [3.63, 3.8) is 0 Å². The Morgan fingerprint density at radius 2 is 1.87 bits per heavy atom. The summed E-state index contributed by atoms with van der Waals surface area (Å²) in [6, 6.07) is 4.49. The predicted octanol–water partition coefficient (Wildman–Crippen LogP) is 1.26. The molecule has 1 aromatic rings. The fourth-order valence-electron chi connectivity index (χ4n) is 1.28. The van der Waals surface area contributed by atoms with Gasteiger partial charge in [0.05, 0.1) is 0 Å². The molecule has 0 saturated heterocycles. The second-order valence-corrected chi connectivity index (χ2v) is 3.29. The molecule has 5 heteroatoms. The van der Waals surface area contributed by atoms with Crippen LogP contribution in [0.2, 0.25) is 0 Å². The molecule has 1 rings (SSSR count). The minimum Gasteiger partial charge on any atom is -0.504 e. The minimum atomic E-state index is -0.134. The van der Waals surface area contributed by atoms with Crippen LogP contribution in [0.3, 0.4) is 0 Å². The molecule has 6 N–H and O–H groups in total. The summed E-state index contributed by atoms with van der Waals surface area (Å²) in [6.07, 6.45) is 1.63. The molecule has 0 bridgehead atoms. The molecule has 4 nitrogen and oxygen atoms in total. The van der Waals surface area contributed by atoms with Gasteiger partial charge in [-0.25, -0.2) is 0 Å². The zero-order valence-corrected chi connectivity index (χ0v) is 9.20. The standard InChI is InChI=1S/C10H16N2O2.ClH/c11-5-1-2-8(12)7-3-4-9(13)10(14)6-7;/h3-4,6,8,13-14H,1-2,5,11-12H2;1H/t8-;/m1./s1. The van der Waals surface area contributed by atoms with E-state index < -0.39 is 0 Å². The van der Waals surface area contributed by atoms with Gasteiger partial charge in [0.15, 0.2) is 11.5 Å². The highest BCUT2D eigenvalue weighted by Crippen LogP contribution is 2.28. The van der Waals surface area contributed by atoms with Crippen LogP contribution in [0.25, 0.3) is 0 Å². The number of nitrogens with two attached hydrogens (primary N) is 2. The number of aromatic hydroxyl groups is 2. The molecule has 0 saturated carbocycles. The average molecular weight is 233 g/mol. The van der Waals surface area contributed by atoms with E-state index >= 15 is 0 Å². The molecule has 0 fully saturated rings. The third kappa shape index (κ3) is 3.95. The normalized spacial score (nSPS) is 11.9. The maximum Gasteiger partial charge on any atom is 0.157 e. The van der Waals surface area contributed by atoms with Crippen LogP contribution in [0.5, 0.6) is 11.5 Å². The summed E-state index contributed by atoms with van der Waals surface area (Å²) in [4.78, 5) is 0. The average Bonchev–Trinajstić information content (AvgIpc) is 2.18.